The summed E-state index contributed by atoms with van der Waals surface area (Å²) in [4.78, 5) is 38.1. The lowest BCUT2D eigenvalue weighted by Gasteiger charge is -2.05. The molecule has 1 amide bonds. The first kappa shape index (κ1) is 19.4. The average molecular weight is 390 g/mol. The fraction of sp³-hybridized carbons (Fsp3) is 0. The highest BCUT2D eigenvalue weighted by Gasteiger charge is 2.11. The molecule has 0 fully saturated rings. The second kappa shape index (κ2) is 9.00. The van der Waals surface area contributed by atoms with Gasteiger partial charge in [0, 0.05) is 18.3 Å². The van der Waals surface area contributed by atoms with Gasteiger partial charge in [0.25, 0.3) is 11.6 Å². The van der Waals surface area contributed by atoms with E-state index in [2.05, 4.69) is 15.5 Å². The summed E-state index contributed by atoms with van der Waals surface area (Å²) in [5.41, 5.74) is 3.23. The standard InChI is InChI=1S/C20H14N4O5/c25-19(18-6-1-2-11-21-18)23-22-13-14-4-3-5-17(12-14)29-20(26)15-7-9-16(10-8-15)24(27)28/h1-13H,(H,23,25)/b22-13-. The van der Waals surface area contributed by atoms with Gasteiger partial charge in [-0.2, -0.15) is 5.10 Å². The summed E-state index contributed by atoms with van der Waals surface area (Å²) in [6, 6.07) is 16.5. The van der Waals surface area contributed by atoms with Gasteiger partial charge in [0.15, 0.2) is 0 Å². The van der Waals surface area contributed by atoms with Gasteiger partial charge < -0.3 is 4.74 Å². The third-order valence-electron chi connectivity index (χ3n) is 3.66. The van der Waals surface area contributed by atoms with E-state index in [4.69, 9.17) is 4.74 Å². The van der Waals surface area contributed by atoms with Crippen molar-refractivity contribution in [2.24, 2.45) is 5.10 Å². The van der Waals surface area contributed by atoms with Crippen LogP contribution in [0.25, 0.3) is 0 Å². The molecule has 29 heavy (non-hydrogen) atoms. The maximum absolute atomic E-state index is 12.2. The molecule has 0 bridgehead atoms. The highest BCUT2D eigenvalue weighted by molar-refractivity contribution is 5.93. The number of hydrogen-bond donors (Lipinski definition) is 1. The van der Waals surface area contributed by atoms with E-state index in [1.807, 2.05) is 0 Å². The summed E-state index contributed by atoms with van der Waals surface area (Å²) in [6.07, 6.45) is 2.89. The molecule has 0 spiro atoms. The van der Waals surface area contributed by atoms with Crippen LogP contribution in [-0.2, 0) is 0 Å². The van der Waals surface area contributed by atoms with Gasteiger partial charge in [0.1, 0.15) is 11.4 Å². The average Bonchev–Trinajstić information content (AvgIpc) is 2.74. The monoisotopic (exact) mass is 390 g/mol. The van der Waals surface area contributed by atoms with Crippen LogP contribution in [0.1, 0.15) is 26.4 Å². The van der Waals surface area contributed by atoms with Gasteiger partial charge in [-0.25, -0.2) is 10.2 Å². The minimum Gasteiger partial charge on any atom is -0.423 e. The van der Waals surface area contributed by atoms with Crippen LogP contribution in [0.15, 0.2) is 78.0 Å². The van der Waals surface area contributed by atoms with Gasteiger partial charge in [0.05, 0.1) is 16.7 Å². The van der Waals surface area contributed by atoms with Crippen molar-refractivity contribution in [3.05, 3.63) is 99.9 Å². The lowest BCUT2D eigenvalue weighted by Crippen LogP contribution is -2.18. The van der Waals surface area contributed by atoms with Crippen molar-refractivity contribution in [2.45, 2.75) is 0 Å². The molecule has 0 aliphatic carbocycles. The Kier molecular flexibility index (Phi) is 6.01. The number of ether oxygens (including phenoxy) is 1. The number of hydrogen-bond acceptors (Lipinski definition) is 7. The molecule has 144 valence electrons. The number of pyridine rings is 1. The van der Waals surface area contributed by atoms with E-state index in [0.29, 0.717) is 5.56 Å². The Hall–Kier alpha value is -4.40. The Labute approximate surface area is 164 Å². The highest BCUT2D eigenvalue weighted by Crippen LogP contribution is 2.16. The van der Waals surface area contributed by atoms with Crippen molar-refractivity contribution < 1.29 is 19.2 Å². The maximum Gasteiger partial charge on any atom is 0.343 e. The number of rotatable bonds is 6. The van der Waals surface area contributed by atoms with E-state index in [0.717, 1.165) is 0 Å². The first-order chi connectivity index (χ1) is 14.0. The summed E-state index contributed by atoms with van der Waals surface area (Å²) in [7, 11) is 0. The number of aromatic nitrogens is 1. The van der Waals surface area contributed by atoms with E-state index in [-0.39, 0.29) is 22.7 Å². The topological polar surface area (TPSA) is 124 Å². The summed E-state index contributed by atoms with van der Waals surface area (Å²) < 4.78 is 5.27. The van der Waals surface area contributed by atoms with Crippen LogP contribution < -0.4 is 10.2 Å². The normalized spacial score (nSPS) is 10.5. The van der Waals surface area contributed by atoms with Crippen molar-refractivity contribution in [3.63, 3.8) is 0 Å². The third-order valence-corrected chi connectivity index (χ3v) is 3.66. The summed E-state index contributed by atoms with van der Waals surface area (Å²) in [5.74, 6) is -0.853. The predicted molar refractivity (Wildman–Crippen MR) is 104 cm³/mol. The molecular formula is C20H14N4O5. The fourth-order valence-electron chi connectivity index (χ4n) is 2.26. The van der Waals surface area contributed by atoms with Crippen LogP contribution in [0.4, 0.5) is 5.69 Å². The Morgan fingerprint density at radius 3 is 2.55 bits per heavy atom. The zero-order valence-corrected chi connectivity index (χ0v) is 14.9. The zero-order valence-electron chi connectivity index (χ0n) is 14.9. The number of carbonyl (C=O) groups is 2. The summed E-state index contributed by atoms with van der Waals surface area (Å²) in [6.45, 7) is 0. The molecule has 0 saturated carbocycles. The molecule has 0 aliphatic rings. The minimum atomic E-state index is -0.655. The van der Waals surface area contributed by atoms with Gasteiger partial charge in [-0.15, -0.1) is 0 Å². The van der Waals surface area contributed by atoms with E-state index >= 15 is 0 Å². The molecule has 0 radical (unpaired) electrons. The molecule has 3 rings (SSSR count). The molecule has 2 aromatic carbocycles. The quantitative estimate of drug-likeness (QED) is 0.227. The molecule has 1 aromatic heterocycles. The van der Waals surface area contributed by atoms with Crippen molar-refractivity contribution >= 4 is 23.8 Å². The number of carbonyl (C=O) groups excluding carboxylic acids is 2. The highest BCUT2D eigenvalue weighted by atomic mass is 16.6. The molecule has 0 atom stereocenters. The third kappa shape index (κ3) is 5.30. The molecular weight excluding hydrogens is 376 g/mol. The number of nitro benzene ring substituents is 1. The van der Waals surface area contributed by atoms with Crippen LogP contribution in [0.2, 0.25) is 0 Å². The van der Waals surface area contributed by atoms with Gasteiger partial charge in [0.2, 0.25) is 0 Å². The molecule has 0 saturated heterocycles. The van der Waals surface area contributed by atoms with E-state index in [9.17, 15) is 19.7 Å². The van der Waals surface area contributed by atoms with Gasteiger partial charge >= 0.3 is 5.97 Å². The van der Waals surface area contributed by atoms with Gasteiger partial charge in [-0.3, -0.25) is 19.9 Å². The second-order valence-electron chi connectivity index (χ2n) is 5.68. The number of nitrogens with one attached hydrogen (secondary N) is 1. The van der Waals surface area contributed by atoms with Crippen molar-refractivity contribution in [1.29, 1.82) is 0 Å². The first-order valence-electron chi connectivity index (χ1n) is 8.34. The second-order valence-corrected chi connectivity index (χ2v) is 5.68. The summed E-state index contributed by atoms with van der Waals surface area (Å²) in [5, 5.41) is 14.5. The smallest absolute Gasteiger partial charge is 0.343 e. The Balaban J connectivity index is 1.62. The number of non-ortho nitro benzene ring substituents is 1. The van der Waals surface area contributed by atoms with Crippen LogP contribution in [0, 0.1) is 10.1 Å². The molecule has 0 aliphatic heterocycles. The van der Waals surface area contributed by atoms with Crippen LogP contribution in [-0.4, -0.2) is 28.0 Å². The van der Waals surface area contributed by atoms with Crippen LogP contribution in [0.3, 0.4) is 0 Å². The maximum atomic E-state index is 12.2. The SMILES string of the molecule is O=C(Oc1cccc(/C=N\NC(=O)c2ccccn2)c1)c1ccc([N+](=O)[O-])cc1. The Morgan fingerprint density at radius 2 is 1.86 bits per heavy atom. The van der Waals surface area contributed by atoms with Gasteiger partial charge in [-0.05, 0) is 42.0 Å². The van der Waals surface area contributed by atoms with Crippen molar-refractivity contribution in [3.8, 4) is 5.75 Å². The van der Waals surface area contributed by atoms with Crippen molar-refractivity contribution in [1.82, 2.24) is 10.4 Å². The minimum absolute atomic E-state index is 0.118. The number of esters is 1. The number of nitrogens with zero attached hydrogens (tertiary/aromatic N) is 3. The first-order valence-corrected chi connectivity index (χ1v) is 8.34. The van der Waals surface area contributed by atoms with Crippen molar-refractivity contribution in [2.75, 3.05) is 0 Å². The molecule has 9 heteroatoms. The Morgan fingerprint density at radius 1 is 1.07 bits per heavy atom. The molecule has 9 nitrogen and oxygen atoms in total. The van der Waals surface area contributed by atoms with E-state index in [1.54, 1.807) is 42.5 Å². The molecule has 1 N–H and O–H groups in total. The molecule has 3 aromatic rings. The van der Waals surface area contributed by atoms with E-state index < -0.39 is 16.8 Å². The number of amides is 1. The predicted octanol–water partition coefficient (Wildman–Crippen LogP) is 2.97. The fourth-order valence-corrected chi connectivity index (χ4v) is 2.26. The van der Waals surface area contributed by atoms with Crippen LogP contribution in [0.5, 0.6) is 5.75 Å². The number of nitro groups is 1. The lowest BCUT2D eigenvalue weighted by molar-refractivity contribution is -0.384. The lowest BCUT2D eigenvalue weighted by atomic mass is 10.2. The largest absolute Gasteiger partial charge is 0.423 e. The van der Waals surface area contributed by atoms with Gasteiger partial charge in [-0.1, -0.05) is 18.2 Å². The Bertz CT molecular complexity index is 1070. The van der Waals surface area contributed by atoms with E-state index in [1.165, 1.54) is 36.7 Å². The summed E-state index contributed by atoms with van der Waals surface area (Å²) >= 11 is 0. The number of benzene rings is 2. The van der Waals surface area contributed by atoms with Crippen LogP contribution >= 0.6 is 0 Å². The molecule has 0 unspecified atom stereocenters. The number of hydrazone groups is 1. The molecule has 1 heterocycles. The zero-order chi connectivity index (χ0) is 20.6.